The van der Waals surface area contributed by atoms with Crippen molar-refractivity contribution in [2.24, 2.45) is 5.41 Å². The molecule has 106 valence electrons. The zero-order chi connectivity index (χ0) is 14.2. The molecule has 1 nitrogen and oxygen atoms in total. The van der Waals surface area contributed by atoms with E-state index in [1.807, 2.05) is 26.0 Å². The minimum absolute atomic E-state index is 0.0541. The first-order valence-corrected chi connectivity index (χ1v) is 7.38. The first-order valence-electron chi connectivity index (χ1n) is 7.38. The molecule has 1 aliphatic rings. The predicted octanol–water partition coefficient (Wildman–Crippen LogP) is 4.32. The minimum atomic E-state index is -0.0541. The van der Waals surface area contributed by atoms with E-state index in [4.69, 9.17) is 0 Å². The van der Waals surface area contributed by atoms with E-state index in [2.05, 4.69) is 26.1 Å². The molecule has 19 heavy (non-hydrogen) atoms. The number of hydrogen-bond donors (Lipinski definition) is 1. The Balaban J connectivity index is 2.17. The van der Waals surface area contributed by atoms with Crippen LogP contribution >= 0.6 is 0 Å². The van der Waals surface area contributed by atoms with Crippen molar-refractivity contribution in [2.45, 2.75) is 59.4 Å². The lowest BCUT2D eigenvalue weighted by Crippen LogP contribution is -2.55. The maximum atomic E-state index is 13.7. The predicted molar refractivity (Wildman–Crippen MR) is 79.1 cm³/mol. The van der Waals surface area contributed by atoms with Gasteiger partial charge in [-0.1, -0.05) is 32.9 Å². The van der Waals surface area contributed by atoms with Gasteiger partial charge in [-0.2, -0.15) is 0 Å². The smallest absolute Gasteiger partial charge is 0.129 e. The largest absolute Gasteiger partial charge is 0.313 e. The Morgan fingerprint density at radius 3 is 2.32 bits per heavy atom. The van der Waals surface area contributed by atoms with E-state index in [9.17, 15) is 4.39 Å². The molecule has 1 N–H and O–H groups in total. The van der Waals surface area contributed by atoms with Gasteiger partial charge in [0, 0.05) is 6.04 Å². The van der Waals surface area contributed by atoms with Crippen molar-refractivity contribution < 1.29 is 4.39 Å². The lowest BCUT2D eigenvalue weighted by Gasteiger charge is -2.53. The van der Waals surface area contributed by atoms with Crippen LogP contribution in [0.4, 0.5) is 4.39 Å². The second-order valence-electron chi connectivity index (χ2n) is 6.59. The summed E-state index contributed by atoms with van der Waals surface area (Å²) < 4.78 is 13.7. The summed E-state index contributed by atoms with van der Waals surface area (Å²) in [6.45, 7) is 11.7. The molecule has 1 aliphatic carbocycles. The summed E-state index contributed by atoms with van der Waals surface area (Å²) in [7, 11) is 0. The molecule has 1 fully saturated rings. The van der Waals surface area contributed by atoms with Crippen LogP contribution in [0.15, 0.2) is 12.1 Å². The van der Waals surface area contributed by atoms with Crippen molar-refractivity contribution >= 4 is 0 Å². The van der Waals surface area contributed by atoms with Gasteiger partial charge in [0.15, 0.2) is 0 Å². The molecule has 0 amide bonds. The molecule has 0 heterocycles. The molecule has 0 bridgehead atoms. The molecular weight excluding hydrogens is 237 g/mol. The van der Waals surface area contributed by atoms with Crippen LogP contribution in [-0.4, -0.2) is 12.6 Å². The monoisotopic (exact) mass is 263 g/mol. The van der Waals surface area contributed by atoms with Gasteiger partial charge in [-0.25, -0.2) is 4.39 Å². The van der Waals surface area contributed by atoms with E-state index in [1.165, 1.54) is 12.0 Å². The fraction of sp³-hybridized carbons (Fsp3) is 0.647. The number of aryl methyl sites for hydroxylation is 2. The van der Waals surface area contributed by atoms with Gasteiger partial charge < -0.3 is 5.32 Å². The van der Waals surface area contributed by atoms with Gasteiger partial charge >= 0.3 is 0 Å². The zero-order valence-corrected chi connectivity index (χ0v) is 12.8. The Morgan fingerprint density at radius 1 is 1.26 bits per heavy atom. The third-order valence-corrected chi connectivity index (χ3v) is 4.77. The summed E-state index contributed by atoms with van der Waals surface area (Å²) >= 11 is 0. The lowest BCUT2D eigenvalue weighted by molar-refractivity contribution is 0.0694. The standard InChI is InChI=1S/C17H26FN/c1-6-7-19-15-10-14(17(15,4)5)13-8-11(2)16(18)12(3)9-13/h8-9,14-15,19H,6-7,10H2,1-5H3. The Bertz CT molecular complexity index is 441. The molecule has 0 aromatic heterocycles. The first kappa shape index (κ1) is 14.5. The topological polar surface area (TPSA) is 12.0 Å². The van der Waals surface area contributed by atoms with Crippen LogP contribution in [-0.2, 0) is 0 Å². The van der Waals surface area contributed by atoms with Gasteiger partial charge in [0.25, 0.3) is 0 Å². The van der Waals surface area contributed by atoms with Crippen LogP contribution in [0.25, 0.3) is 0 Å². The molecule has 1 aromatic carbocycles. The highest BCUT2D eigenvalue weighted by Crippen LogP contribution is 2.52. The van der Waals surface area contributed by atoms with Crippen LogP contribution in [0.5, 0.6) is 0 Å². The average molecular weight is 263 g/mol. The van der Waals surface area contributed by atoms with Gasteiger partial charge in [-0.3, -0.25) is 0 Å². The summed E-state index contributed by atoms with van der Waals surface area (Å²) in [4.78, 5) is 0. The lowest BCUT2D eigenvalue weighted by atomic mass is 9.56. The quantitative estimate of drug-likeness (QED) is 0.853. The Hall–Kier alpha value is -0.890. The van der Waals surface area contributed by atoms with E-state index in [0.717, 1.165) is 24.1 Å². The van der Waals surface area contributed by atoms with E-state index < -0.39 is 0 Å². The molecule has 0 spiro atoms. The second kappa shape index (κ2) is 5.24. The van der Waals surface area contributed by atoms with E-state index >= 15 is 0 Å². The number of halogens is 1. The molecule has 2 unspecified atom stereocenters. The number of hydrogen-bond acceptors (Lipinski definition) is 1. The molecule has 2 rings (SSSR count). The van der Waals surface area contributed by atoms with Gasteiger partial charge in [0.1, 0.15) is 5.82 Å². The van der Waals surface area contributed by atoms with Crippen molar-refractivity contribution in [1.82, 2.24) is 5.32 Å². The average Bonchev–Trinajstić information content (AvgIpc) is 2.34. The van der Waals surface area contributed by atoms with Gasteiger partial charge in [0.2, 0.25) is 0 Å². The molecule has 2 heteroatoms. The van der Waals surface area contributed by atoms with Crippen LogP contribution in [0, 0.1) is 25.1 Å². The van der Waals surface area contributed by atoms with Crippen LogP contribution in [0.3, 0.4) is 0 Å². The number of nitrogens with one attached hydrogen (secondary N) is 1. The van der Waals surface area contributed by atoms with Crippen molar-refractivity contribution in [2.75, 3.05) is 6.54 Å². The molecule has 2 atom stereocenters. The molecule has 1 aromatic rings. The summed E-state index contributed by atoms with van der Waals surface area (Å²) in [5, 5.41) is 3.63. The molecule has 0 aliphatic heterocycles. The fourth-order valence-electron chi connectivity index (χ4n) is 3.34. The fourth-order valence-corrected chi connectivity index (χ4v) is 3.34. The second-order valence-corrected chi connectivity index (χ2v) is 6.59. The summed E-state index contributed by atoms with van der Waals surface area (Å²) in [5.41, 5.74) is 3.11. The van der Waals surface area contributed by atoms with Crippen molar-refractivity contribution in [1.29, 1.82) is 0 Å². The third kappa shape index (κ3) is 2.55. The van der Waals surface area contributed by atoms with Crippen molar-refractivity contribution in [3.05, 3.63) is 34.6 Å². The minimum Gasteiger partial charge on any atom is -0.313 e. The van der Waals surface area contributed by atoms with E-state index in [-0.39, 0.29) is 11.2 Å². The summed E-state index contributed by atoms with van der Waals surface area (Å²) in [5.74, 6) is 0.487. The highest BCUT2D eigenvalue weighted by Gasteiger charge is 2.48. The van der Waals surface area contributed by atoms with Crippen LogP contribution < -0.4 is 5.32 Å². The Morgan fingerprint density at radius 2 is 1.84 bits per heavy atom. The SMILES string of the molecule is CCCNC1CC(c2cc(C)c(F)c(C)c2)C1(C)C. The van der Waals surface area contributed by atoms with Crippen LogP contribution in [0.2, 0.25) is 0 Å². The third-order valence-electron chi connectivity index (χ3n) is 4.77. The maximum Gasteiger partial charge on any atom is 0.129 e. The van der Waals surface area contributed by atoms with Gasteiger partial charge in [-0.15, -0.1) is 0 Å². The number of rotatable bonds is 4. The summed E-state index contributed by atoms with van der Waals surface area (Å²) in [6, 6.07) is 4.65. The van der Waals surface area contributed by atoms with Crippen LogP contribution in [0.1, 0.15) is 56.2 Å². The molecule has 0 saturated heterocycles. The highest BCUT2D eigenvalue weighted by atomic mass is 19.1. The van der Waals surface area contributed by atoms with E-state index in [0.29, 0.717) is 12.0 Å². The number of benzene rings is 1. The normalized spacial score (nSPS) is 25.2. The van der Waals surface area contributed by atoms with E-state index in [1.54, 1.807) is 0 Å². The van der Waals surface area contributed by atoms with Gasteiger partial charge in [-0.05, 0) is 61.3 Å². The first-order chi connectivity index (χ1) is 8.87. The molecule has 1 saturated carbocycles. The van der Waals surface area contributed by atoms with Crippen molar-refractivity contribution in [3.63, 3.8) is 0 Å². The Labute approximate surface area is 116 Å². The molecular formula is C17H26FN. The summed E-state index contributed by atoms with van der Waals surface area (Å²) in [6.07, 6.45) is 2.34. The maximum absolute atomic E-state index is 13.7. The zero-order valence-electron chi connectivity index (χ0n) is 12.8. The Kier molecular flexibility index (Phi) is 4.00. The van der Waals surface area contributed by atoms with Gasteiger partial charge in [0.05, 0.1) is 0 Å². The molecule has 0 radical (unpaired) electrons. The van der Waals surface area contributed by atoms with Crippen molar-refractivity contribution in [3.8, 4) is 0 Å². The highest BCUT2D eigenvalue weighted by molar-refractivity contribution is 5.36.